The molecule has 0 spiro atoms. The van der Waals surface area contributed by atoms with E-state index < -0.39 is 0 Å². The minimum Gasteiger partial charge on any atom is -0.0764 e. The molecule has 0 amide bonds. The Bertz CT molecular complexity index is 228. The van der Waals surface area contributed by atoms with Gasteiger partial charge < -0.3 is 0 Å². The second-order valence-corrected chi connectivity index (χ2v) is 5.34. The van der Waals surface area contributed by atoms with Gasteiger partial charge in [0.1, 0.15) is 0 Å². The van der Waals surface area contributed by atoms with Crippen molar-refractivity contribution >= 4 is 0 Å². The summed E-state index contributed by atoms with van der Waals surface area (Å²) in [5, 5.41) is 0. The van der Waals surface area contributed by atoms with Crippen LogP contribution in [-0.4, -0.2) is 0 Å². The van der Waals surface area contributed by atoms with Gasteiger partial charge in [-0.2, -0.15) is 0 Å². The van der Waals surface area contributed by atoms with Crippen molar-refractivity contribution in [1.29, 1.82) is 0 Å². The van der Waals surface area contributed by atoms with Gasteiger partial charge in [-0.3, -0.25) is 0 Å². The molecule has 68 valence electrons. The van der Waals surface area contributed by atoms with Gasteiger partial charge in [0.05, 0.1) is 0 Å². The molecule has 2 aliphatic rings. The van der Waals surface area contributed by atoms with Crippen LogP contribution in [0.5, 0.6) is 0 Å². The van der Waals surface area contributed by atoms with Gasteiger partial charge in [0.25, 0.3) is 0 Å². The van der Waals surface area contributed by atoms with Crippen LogP contribution >= 0.6 is 0 Å². The second-order valence-electron chi connectivity index (χ2n) is 5.34. The quantitative estimate of drug-likeness (QED) is 0.478. The lowest BCUT2D eigenvalue weighted by Gasteiger charge is -2.34. The Morgan fingerprint density at radius 1 is 1.25 bits per heavy atom. The van der Waals surface area contributed by atoms with E-state index >= 15 is 0 Å². The maximum absolute atomic E-state index is 2.44. The van der Waals surface area contributed by atoms with Gasteiger partial charge in [-0.25, -0.2) is 0 Å². The zero-order valence-corrected chi connectivity index (χ0v) is 8.78. The van der Waals surface area contributed by atoms with Crippen molar-refractivity contribution < 1.29 is 0 Å². The normalized spacial score (nSPS) is 37.5. The molecule has 0 aromatic heterocycles. The Hall–Kier alpha value is -0.260. The van der Waals surface area contributed by atoms with Crippen LogP contribution in [0.25, 0.3) is 0 Å². The molecular formula is C12H20. The Kier molecular flexibility index (Phi) is 1.65. The molecular weight excluding hydrogens is 144 g/mol. The summed E-state index contributed by atoms with van der Waals surface area (Å²) in [5.74, 6) is 1.95. The fraction of sp³-hybridized carbons (Fsp3) is 0.833. The minimum atomic E-state index is 0.530. The lowest BCUT2D eigenvalue weighted by molar-refractivity contribution is 0.285. The Morgan fingerprint density at radius 3 is 2.25 bits per heavy atom. The first-order chi connectivity index (χ1) is 5.53. The van der Waals surface area contributed by atoms with Crippen LogP contribution in [0.2, 0.25) is 0 Å². The maximum atomic E-state index is 2.44. The molecule has 0 aromatic rings. The Balaban J connectivity index is 2.42. The van der Waals surface area contributed by atoms with Gasteiger partial charge >= 0.3 is 0 Å². The highest BCUT2D eigenvalue weighted by molar-refractivity contribution is 5.29. The van der Waals surface area contributed by atoms with E-state index in [-0.39, 0.29) is 0 Å². The molecule has 0 heteroatoms. The van der Waals surface area contributed by atoms with Crippen LogP contribution in [-0.2, 0) is 0 Å². The summed E-state index contributed by atoms with van der Waals surface area (Å²) in [6, 6.07) is 0. The zero-order chi connectivity index (χ0) is 8.93. The molecule has 0 heterocycles. The summed E-state index contributed by atoms with van der Waals surface area (Å²) in [6.45, 7) is 9.47. The lowest BCUT2D eigenvalue weighted by atomic mass is 9.71. The SMILES string of the molecule is CC(C)=C1[C@H]2CC[C@@H](C2)C1(C)C. The summed E-state index contributed by atoms with van der Waals surface area (Å²) in [6.07, 6.45) is 4.43. The molecule has 2 atom stereocenters. The molecule has 0 N–H and O–H groups in total. The van der Waals surface area contributed by atoms with Crippen LogP contribution in [0.4, 0.5) is 0 Å². The predicted molar refractivity (Wildman–Crippen MR) is 53.0 cm³/mol. The number of fused-ring (bicyclic) bond motifs is 2. The molecule has 12 heavy (non-hydrogen) atoms. The third kappa shape index (κ3) is 0.901. The van der Waals surface area contributed by atoms with E-state index in [4.69, 9.17) is 0 Å². The molecule has 2 fully saturated rings. The highest BCUT2D eigenvalue weighted by atomic mass is 14.5. The molecule has 0 aliphatic heterocycles. The van der Waals surface area contributed by atoms with Crippen molar-refractivity contribution in [2.24, 2.45) is 17.3 Å². The second kappa shape index (κ2) is 2.37. The van der Waals surface area contributed by atoms with E-state index in [0.717, 1.165) is 11.8 Å². The molecule has 2 saturated carbocycles. The standard InChI is InChI=1S/C12H20/c1-8(2)11-9-5-6-10(7-9)12(11,3)4/h9-10H,5-7H2,1-4H3/t9-,10-/m0/s1. The smallest absolute Gasteiger partial charge is 0.0111 e. The zero-order valence-electron chi connectivity index (χ0n) is 8.78. The van der Waals surface area contributed by atoms with Crippen molar-refractivity contribution in [1.82, 2.24) is 0 Å². The van der Waals surface area contributed by atoms with Crippen molar-refractivity contribution in [3.8, 4) is 0 Å². The first kappa shape index (κ1) is 8.34. The van der Waals surface area contributed by atoms with Gasteiger partial charge in [0.15, 0.2) is 0 Å². The largest absolute Gasteiger partial charge is 0.0764 e. The topological polar surface area (TPSA) is 0 Å². The summed E-state index contributed by atoms with van der Waals surface area (Å²) in [5.41, 5.74) is 3.91. The molecule has 2 aliphatic carbocycles. The third-order valence-corrected chi connectivity index (χ3v) is 4.09. The van der Waals surface area contributed by atoms with Crippen molar-refractivity contribution in [3.05, 3.63) is 11.1 Å². The van der Waals surface area contributed by atoms with E-state index in [0.29, 0.717) is 5.41 Å². The Labute approximate surface area is 76.1 Å². The van der Waals surface area contributed by atoms with Gasteiger partial charge in [-0.15, -0.1) is 0 Å². The molecule has 0 unspecified atom stereocenters. The van der Waals surface area contributed by atoms with Gasteiger partial charge in [-0.1, -0.05) is 25.0 Å². The van der Waals surface area contributed by atoms with Crippen molar-refractivity contribution in [2.45, 2.75) is 47.0 Å². The first-order valence-corrected chi connectivity index (χ1v) is 5.21. The van der Waals surface area contributed by atoms with Crippen molar-refractivity contribution in [2.75, 3.05) is 0 Å². The molecule has 0 radical (unpaired) electrons. The third-order valence-electron chi connectivity index (χ3n) is 4.09. The highest BCUT2D eigenvalue weighted by Gasteiger charge is 2.48. The minimum absolute atomic E-state index is 0.530. The fourth-order valence-electron chi connectivity index (χ4n) is 3.70. The summed E-state index contributed by atoms with van der Waals surface area (Å²) in [7, 11) is 0. The predicted octanol–water partition coefficient (Wildman–Crippen LogP) is 3.78. The fourth-order valence-corrected chi connectivity index (χ4v) is 3.70. The molecule has 2 bridgehead atoms. The Morgan fingerprint density at radius 2 is 1.92 bits per heavy atom. The molecule has 0 aromatic carbocycles. The van der Waals surface area contributed by atoms with Gasteiger partial charge in [0, 0.05) is 0 Å². The summed E-state index contributed by atoms with van der Waals surface area (Å²) < 4.78 is 0. The summed E-state index contributed by atoms with van der Waals surface area (Å²) in [4.78, 5) is 0. The van der Waals surface area contributed by atoms with Crippen LogP contribution in [0.15, 0.2) is 11.1 Å². The average Bonchev–Trinajstić information content (AvgIpc) is 2.41. The van der Waals surface area contributed by atoms with Crippen LogP contribution < -0.4 is 0 Å². The number of rotatable bonds is 0. The monoisotopic (exact) mass is 164 g/mol. The van der Waals surface area contributed by atoms with Crippen LogP contribution in [0.1, 0.15) is 47.0 Å². The molecule has 0 nitrogen and oxygen atoms in total. The van der Waals surface area contributed by atoms with E-state index in [1.54, 1.807) is 11.1 Å². The summed E-state index contributed by atoms with van der Waals surface area (Å²) >= 11 is 0. The highest BCUT2D eigenvalue weighted by Crippen LogP contribution is 2.59. The van der Waals surface area contributed by atoms with E-state index in [1.165, 1.54) is 19.3 Å². The number of allylic oxidation sites excluding steroid dienone is 2. The number of hydrogen-bond donors (Lipinski definition) is 0. The van der Waals surface area contributed by atoms with Crippen LogP contribution in [0, 0.1) is 17.3 Å². The lowest BCUT2D eigenvalue weighted by Crippen LogP contribution is -2.23. The average molecular weight is 164 g/mol. The van der Waals surface area contributed by atoms with E-state index in [1.807, 2.05) is 0 Å². The number of hydrogen-bond acceptors (Lipinski definition) is 0. The first-order valence-electron chi connectivity index (χ1n) is 5.21. The maximum Gasteiger partial charge on any atom is -0.0111 e. The van der Waals surface area contributed by atoms with E-state index in [9.17, 15) is 0 Å². The van der Waals surface area contributed by atoms with Gasteiger partial charge in [-0.05, 0) is 50.4 Å². The van der Waals surface area contributed by atoms with Crippen molar-refractivity contribution in [3.63, 3.8) is 0 Å². The van der Waals surface area contributed by atoms with E-state index in [2.05, 4.69) is 27.7 Å². The van der Waals surface area contributed by atoms with Crippen LogP contribution in [0.3, 0.4) is 0 Å². The molecule has 2 rings (SSSR count). The molecule has 0 saturated heterocycles. The van der Waals surface area contributed by atoms with Gasteiger partial charge in [0.2, 0.25) is 0 Å².